The Labute approximate surface area is 300 Å². The fourth-order valence-corrected chi connectivity index (χ4v) is 6.83. The Balaban J connectivity index is 1.31. The van der Waals surface area contributed by atoms with Crippen molar-refractivity contribution in [3.63, 3.8) is 0 Å². The van der Waals surface area contributed by atoms with Crippen molar-refractivity contribution in [2.24, 2.45) is 5.73 Å². The van der Waals surface area contributed by atoms with E-state index in [2.05, 4.69) is 61.6 Å². The number of ether oxygens (including phenoxy) is 2. The maximum atomic E-state index is 13.1. The first-order valence-corrected chi connectivity index (χ1v) is 17.0. The number of imidazole rings is 1. The first-order valence-electron chi connectivity index (χ1n) is 17.0. The largest absolute Gasteiger partial charge is 0.463 e. The van der Waals surface area contributed by atoms with Crippen LogP contribution in [0.25, 0.3) is 11.2 Å². The Morgan fingerprint density at radius 1 is 0.769 bits per heavy atom. The molecule has 3 N–H and O–H groups in total. The van der Waals surface area contributed by atoms with Crippen molar-refractivity contribution in [1.82, 2.24) is 24.4 Å². The number of amides is 2. The van der Waals surface area contributed by atoms with Gasteiger partial charge in [0, 0.05) is 25.1 Å². The molecule has 12 heteroatoms. The summed E-state index contributed by atoms with van der Waals surface area (Å²) in [6, 6.07) is 39.7. The lowest BCUT2D eigenvalue weighted by atomic mass is 9.75. The Hall–Kier alpha value is -6.24. The molecule has 0 aliphatic carbocycles. The van der Waals surface area contributed by atoms with E-state index in [-0.39, 0.29) is 31.2 Å². The number of hydrogen-bond acceptors (Lipinski definition) is 9. The molecule has 0 spiro atoms. The highest BCUT2D eigenvalue weighted by Gasteiger charge is 2.46. The number of anilines is 1. The maximum absolute atomic E-state index is 13.1. The van der Waals surface area contributed by atoms with Crippen molar-refractivity contribution in [2.45, 2.75) is 30.7 Å². The predicted octanol–water partition coefficient (Wildman–Crippen LogP) is 5.08. The van der Waals surface area contributed by atoms with Gasteiger partial charge in [-0.15, -0.1) is 0 Å². The normalized spacial score (nSPS) is 16.3. The van der Waals surface area contributed by atoms with Gasteiger partial charge in [-0.3, -0.25) is 23.9 Å². The zero-order valence-corrected chi connectivity index (χ0v) is 28.2. The van der Waals surface area contributed by atoms with E-state index in [1.54, 1.807) is 30.6 Å². The van der Waals surface area contributed by atoms with Gasteiger partial charge in [0.25, 0.3) is 5.91 Å². The molecule has 1 saturated heterocycles. The van der Waals surface area contributed by atoms with Gasteiger partial charge in [0.2, 0.25) is 5.91 Å². The number of carbonyl (C=O) groups is 3. The van der Waals surface area contributed by atoms with Gasteiger partial charge in [0.15, 0.2) is 17.0 Å². The second-order valence-corrected chi connectivity index (χ2v) is 12.4. The van der Waals surface area contributed by atoms with Crippen LogP contribution >= 0.6 is 0 Å². The highest BCUT2D eigenvalue weighted by Crippen LogP contribution is 2.45. The SMILES string of the molecule is NC(=O)CCC(=O)OC[C@@H]1CN(C(c2ccccc2)(c2ccccc2)c2ccccc2)C[C@H](n2cnc3c(NC(=O)c4ccccc4)ncnc32)O1. The molecule has 2 aromatic heterocycles. The summed E-state index contributed by atoms with van der Waals surface area (Å²) in [5.41, 5.74) is 8.90. The molecule has 52 heavy (non-hydrogen) atoms. The molecule has 262 valence electrons. The minimum absolute atomic E-state index is 0.0704. The molecular weight excluding hydrogens is 658 g/mol. The summed E-state index contributed by atoms with van der Waals surface area (Å²) in [6.45, 7) is 0.670. The molecule has 6 aromatic rings. The number of nitrogens with two attached hydrogens (primary N) is 1. The van der Waals surface area contributed by atoms with Gasteiger partial charge in [-0.05, 0) is 28.8 Å². The van der Waals surface area contributed by atoms with Crippen molar-refractivity contribution < 1.29 is 23.9 Å². The molecule has 1 fully saturated rings. The minimum atomic E-state index is -0.805. The maximum Gasteiger partial charge on any atom is 0.306 e. The third kappa shape index (κ3) is 7.02. The number of esters is 1. The van der Waals surface area contributed by atoms with Crippen LogP contribution in [-0.2, 0) is 24.6 Å². The molecule has 0 saturated carbocycles. The summed E-state index contributed by atoms with van der Waals surface area (Å²) in [5, 5.41) is 2.87. The monoisotopic (exact) mass is 695 g/mol. The van der Waals surface area contributed by atoms with Gasteiger partial charge in [-0.1, -0.05) is 109 Å². The molecule has 4 aromatic carbocycles. The molecule has 0 unspecified atom stereocenters. The Morgan fingerprint density at radius 3 is 1.92 bits per heavy atom. The standard InChI is InChI=1S/C40H37N7O5/c41-33(48)21-22-35(49)51-25-32-23-46(40(29-15-7-2-8-16-29,30-17-9-3-10-18-30)31-19-11-4-12-20-31)24-34(52-32)47-27-44-36-37(42-26-43-38(36)47)45-39(50)28-13-5-1-6-14-28/h1-20,26-27,32,34H,21-25H2,(H2,41,48)(H,42,43,45,50)/t32-,34+/m0/s1. The highest BCUT2D eigenvalue weighted by molar-refractivity contribution is 6.06. The second kappa shape index (κ2) is 15.3. The van der Waals surface area contributed by atoms with Crippen LogP contribution in [0, 0.1) is 0 Å². The van der Waals surface area contributed by atoms with Crippen LogP contribution in [0.4, 0.5) is 5.82 Å². The number of hydrogen-bond donors (Lipinski definition) is 2. The highest BCUT2D eigenvalue weighted by atomic mass is 16.6. The van der Waals surface area contributed by atoms with Crippen LogP contribution in [0.1, 0.15) is 46.1 Å². The summed E-state index contributed by atoms with van der Waals surface area (Å²) in [7, 11) is 0. The lowest BCUT2D eigenvalue weighted by Crippen LogP contribution is -2.57. The average molecular weight is 696 g/mol. The Morgan fingerprint density at radius 2 is 1.35 bits per heavy atom. The van der Waals surface area contributed by atoms with E-state index in [1.165, 1.54) is 6.33 Å². The second-order valence-electron chi connectivity index (χ2n) is 12.4. The number of primary amides is 1. The van der Waals surface area contributed by atoms with E-state index in [0.29, 0.717) is 29.8 Å². The third-order valence-electron chi connectivity index (χ3n) is 9.14. The van der Waals surface area contributed by atoms with Crippen molar-refractivity contribution in [3.8, 4) is 0 Å². The number of nitrogens with zero attached hydrogens (tertiary/aromatic N) is 5. The van der Waals surface area contributed by atoms with Gasteiger partial charge < -0.3 is 20.5 Å². The first-order chi connectivity index (χ1) is 25.4. The minimum Gasteiger partial charge on any atom is -0.463 e. The number of aromatic nitrogens is 4. The zero-order chi connectivity index (χ0) is 35.9. The van der Waals surface area contributed by atoms with E-state index in [9.17, 15) is 14.4 Å². The number of fused-ring (bicyclic) bond motifs is 1. The van der Waals surface area contributed by atoms with E-state index in [1.807, 2.05) is 65.2 Å². The summed E-state index contributed by atoms with van der Waals surface area (Å²) < 4.78 is 14.2. The fourth-order valence-electron chi connectivity index (χ4n) is 6.83. The van der Waals surface area contributed by atoms with Crippen LogP contribution in [0.15, 0.2) is 134 Å². The van der Waals surface area contributed by atoms with E-state index in [0.717, 1.165) is 16.7 Å². The molecule has 12 nitrogen and oxygen atoms in total. The molecule has 3 heterocycles. The lowest BCUT2D eigenvalue weighted by molar-refractivity contribution is -0.169. The summed E-state index contributed by atoms with van der Waals surface area (Å²) in [4.78, 5) is 53.0. The number of nitrogens with one attached hydrogen (secondary N) is 1. The number of benzene rings is 4. The first kappa shape index (κ1) is 34.2. The van der Waals surface area contributed by atoms with Crippen molar-refractivity contribution in [3.05, 3.63) is 156 Å². The molecule has 0 radical (unpaired) electrons. The molecule has 2 amide bonds. The lowest BCUT2D eigenvalue weighted by Gasteiger charge is -2.50. The number of morpholine rings is 1. The molecule has 0 bridgehead atoms. The zero-order valence-electron chi connectivity index (χ0n) is 28.2. The summed E-state index contributed by atoms with van der Waals surface area (Å²) in [5.74, 6) is -1.19. The molecule has 2 atom stereocenters. The van der Waals surface area contributed by atoms with Crippen molar-refractivity contribution in [1.29, 1.82) is 0 Å². The van der Waals surface area contributed by atoms with Crippen molar-refractivity contribution >= 4 is 34.8 Å². The number of rotatable bonds is 12. The fraction of sp³-hybridized carbons (Fsp3) is 0.200. The quantitative estimate of drug-likeness (QED) is 0.132. The topological polar surface area (TPSA) is 155 Å². The van der Waals surface area contributed by atoms with Crippen molar-refractivity contribution in [2.75, 3.05) is 25.0 Å². The van der Waals surface area contributed by atoms with Crippen LogP contribution in [0.2, 0.25) is 0 Å². The van der Waals surface area contributed by atoms with Gasteiger partial charge in [-0.2, -0.15) is 0 Å². The molecule has 7 rings (SSSR count). The smallest absolute Gasteiger partial charge is 0.306 e. The third-order valence-corrected chi connectivity index (χ3v) is 9.14. The average Bonchev–Trinajstić information content (AvgIpc) is 3.64. The Bertz CT molecular complexity index is 2050. The van der Waals surface area contributed by atoms with Crippen LogP contribution in [-0.4, -0.2) is 68.0 Å². The van der Waals surface area contributed by atoms with E-state index in [4.69, 9.17) is 15.2 Å². The van der Waals surface area contributed by atoms with Gasteiger partial charge in [0.05, 0.1) is 18.3 Å². The Kier molecular flexibility index (Phi) is 10.1. The predicted molar refractivity (Wildman–Crippen MR) is 194 cm³/mol. The summed E-state index contributed by atoms with van der Waals surface area (Å²) in [6.07, 6.45) is 1.48. The van der Waals surface area contributed by atoms with Crippen LogP contribution in [0.5, 0.6) is 0 Å². The van der Waals surface area contributed by atoms with Gasteiger partial charge in [0.1, 0.15) is 25.3 Å². The van der Waals surface area contributed by atoms with E-state index < -0.39 is 29.7 Å². The van der Waals surface area contributed by atoms with Gasteiger partial charge >= 0.3 is 5.97 Å². The van der Waals surface area contributed by atoms with Gasteiger partial charge in [-0.25, -0.2) is 15.0 Å². The molecule has 1 aliphatic heterocycles. The van der Waals surface area contributed by atoms with Crippen LogP contribution < -0.4 is 11.1 Å². The molecular formula is C40H37N7O5. The number of carbonyl (C=O) groups excluding carboxylic acids is 3. The molecule has 1 aliphatic rings. The van der Waals surface area contributed by atoms with E-state index >= 15 is 0 Å². The summed E-state index contributed by atoms with van der Waals surface area (Å²) >= 11 is 0. The van der Waals surface area contributed by atoms with Crippen LogP contribution in [0.3, 0.4) is 0 Å².